The molecule has 0 aromatic carbocycles. The van der Waals surface area contributed by atoms with Crippen LogP contribution in [-0.2, 0) is 0 Å². The number of nitrogens with zero attached hydrogens (tertiary/aromatic N) is 1. The lowest BCUT2D eigenvalue weighted by Crippen LogP contribution is -2.59. The molecule has 0 fully saturated rings. The summed E-state index contributed by atoms with van der Waals surface area (Å²) >= 11 is 5.79. The zero-order chi connectivity index (χ0) is 11.4. The molecule has 84 valence electrons. The van der Waals surface area contributed by atoms with E-state index in [0.29, 0.717) is 0 Å². The van der Waals surface area contributed by atoms with Gasteiger partial charge in [-0.2, -0.15) is 0 Å². The predicted octanol–water partition coefficient (Wildman–Crippen LogP) is 3.62. The van der Waals surface area contributed by atoms with E-state index in [0.717, 1.165) is 5.88 Å². The van der Waals surface area contributed by atoms with Crippen LogP contribution in [0, 0.1) is 0 Å². The highest BCUT2D eigenvalue weighted by Gasteiger charge is 2.33. The number of alkyl halides is 1. The average molecular weight is 266 g/mol. The lowest BCUT2D eigenvalue weighted by Gasteiger charge is -2.42. The Labute approximate surface area is 99.3 Å². The number of hydrogen-bond acceptors (Lipinski definition) is 1. The summed E-state index contributed by atoms with van der Waals surface area (Å²) in [7, 11) is -1.66. The van der Waals surface area contributed by atoms with Crippen LogP contribution in [0.25, 0.3) is 0 Å². The van der Waals surface area contributed by atoms with E-state index in [9.17, 15) is 0 Å². The van der Waals surface area contributed by atoms with Gasteiger partial charge in [-0.25, -0.2) is 0 Å². The number of rotatable bonds is 6. The van der Waals surface area contributed by atoms with Crippen LogP contribution in [0.15, 0.2) is 0 Å². The van der Waals surface area contributed by atoms with Gasteiger partial charge in [0.25, 0.3) is 0 Å². The van der Waals surface area contributed by atoms with Crippen LogP contribution >= 0.6 is 11.6 Å². The Morgan fingerprint density at radius 3 is 1.79 bits per heavy atom. The minimum atomic E-state index is -1.14. The standard InChI is InChI=1S/C9H24ClNSi3/c1-12(2)11(13(3)4)14(5,6)9-7-8-10/h7-9H2,1-6H3. The molecule has 0 bridgehead atoms. The normalized spacial score (nSPS) is 13.3. The molecule has 14 heavy (non-hydrogen) atoms. The van der Waals surface area contributed by atoms with E-state index in [2.05, 4.69) is 43.2 Å². The molecule has 1 nitrogen and oxygen atoms in total. The second-order valence-corrected chi connectivity index (χ2v) is 15.8. The first-order chi connectivity index (χ1) is 6.33. The second kappa shape index (κ2) is 6.48. The Kier molecular flexibility index (Phi) is 6.89. The van der Waals surface area contributed by atoms with Crippen LogP contribution in [0.2, 0.25) is 45.3 Å². The second-order valence-electron chi connectivity index (χ2n) is 4.83. The van der Waals surface area contributed by atoms with E-state index in [1.54, 1.807) is 0 Å². The summed E-state index contributed by atoms with van der Waals surface area (Å²) in [6, 6.07) is 1.36. The maximum absolute atomic E-state index is 5.79. The molecule has 2 radical (unpaired) electrons. The van der Waals surface area contributed by atoms with Crippen molar-refractivity contribution >= 4 is 37.8 Å². The van der Waals surface area contributed by atoms with Crippen LogP contribution < -0.4 is 0 Å². The highest BCUT2D eigenvalue weighted by atomic mass is 35.5. The van der Waals surface area contributed by atoms with Gasteiger partial charge in [0.1, 0.15) is 26.2 Å². The van der Waals surface area contributed by atoms with Crippen LogP contribution in [-0.4, -0.2) is 35.9 Å². The fourth-order valence-electron chi connectivity index (χ4n) is 2.27. The SMILES string of the molecule is C[Si](C)N([Si](C)C)[Si](C)(C)CCCCl. The molecule has 0 N–H and O–H groups in total. The lowest BCUT2D eigenvalue weighted by atomic mass is 10.6. The molecular weight excluding hydrogens is 242 g/mol. The van der Waals surface area contributed by atoms with Gasteiger partial charge in [-0.15, -0.1) is 11.6 Å². The summed E-state index contributed by atoms with van der Waals surface area (Å²) in [5.74, 6) is 0.829. The van der Waals surface area contributed by atoms with E-state index in [1.807, 2.05) is 0 Å². The summed E-state index contributed by atoms with van der Waals surface area (Å²) in [6.45, 7) is 14.7. The van der Waals surface area contributed by atoms with Crippen molar-refractivity contribution in [2.75, 3.05) is 5.88 Å². The molecule has 0 spiro atoms. The first kappa shape index (κ1) is 14.9. The zero-order valence-corrected chi connectivity index (χ0v) is 14.2. The third-order valence-corrected chi connectivity index (χ3v) is 16.3. The molecule has 0 saturated carbocycles. The van der Waals surface area contributed by atoms with E-state index in [4.69, 9.17) is 11.6 Å². The monoisotopic (exact) mass is 265 g/mol. The molecule has 0 aromatic heterocycles. The van der Waals surface area contributed by atoms with Crippen molar-refractivity contribution in [3.05, 3.63) is 0 Å². The molecule has 0 aliphatic heterocycles. The van der Waals surface area contributed by atoms with Crippen molar-refractivity contribution in [1.82, 2.24) is 3.90 Å². The van der Waals surface area contributed by atoms with Gasteiger partial charge in [0.05, 0.1) is 0 Å². The third-order valence-electron chi connectivity index (χ3n) is 2.42. The zero-order valence-electron chi connectivity index (χ0n) is 10.4. The average Bonchev–Trinajstić information content (AvgIpc) is 1.98. The van der Waals surface area contributed by atoms with E-state index in [1.165, 1.54) is 12.5 Å². The van der Waals surface area contributed by atoms with Crippen LogP contribution in [0.4, 0.5) is 0 Å². The third kappa shape index (κ3) is 4.61. The Morgan fingerprint density at radius 1 is 1.07 bits per heavy atom. The molecule has 0 aromatic rings. The van der Waals surface area contributed by atoms with Crippen LogP contribution in [0.3, 0.4) is 0 Å². The van der Waals surface area contributed by atoms with Crippen LogP contribution in [0.5, 0.6) is 0 Å². The van der Waals surface area contributed by atoms with Crippen molar-refractivity contribution in [3.8, 4) is 0 Å². The number of hydrogen-bond donors (Lipinski definition) is 0. The first-order valence-corrected chi connectivity index (χ1v) is 13.9. The van der Waals surface area contributed by atoms with Crippen molar-refractivity contribution in [1.29, 1.82) is 0 Å². The van der Waals surface area contributed by atoms with Gasteiger partial charge in [0, 0.05) is 5.88 Å². The van der Waals surface area contributed by atoms with Crippen molar-refractivity contribution in [3.63, 3.8) is 0 Å². The van der Waals surface area contributed by atoms with Gasteiger partial charge in [0.15, 0.2) is 0 Å². The van der Waals surface area contributed by atoms with Gasteiger partial charge in [-0.05, 0) is 12.5 Å². The topological polar surface area (TPSA) is 3.24 Å². The van der Waals surface area contributed by atoms with Gasteiger partial charge < -0.3 is 3.90 Å². The Balaban J connectivity index is 4.45. The van der Waals surface area contributed by atoms with Crippen molar-refractivity contribution in [2.24, 2.45) is 0 Å². The summed E-state index contributed by atoms with van der Waals surface area (Å²) < 4.78 is 2.91. The molecule has 0 rings (SSSR count). The van der Waals surface area contributed by atoms with E-state index >= 15 is 0 Å². The Hall–Kier alpha value is 0.901. The highest BCUT2D eigenvalue weighted by molar-refractivity contribution is 6.93. The molecule has 0 saturated heterocycles. The molecule has 0 amide bonds. The maximum atomic E-state index is 5.79. The minimum Gasteiger partial charge on any atom is -0.370 e. The smallest absolute Gasteiger partial charge is 0.115 e. The predicted molar refractivity (Wildman–Crippen MR) is 74.4 cm³/mol. The summed E-state index contributed by atoms with van der Waals surface area (Å²) in [5.41, 5.74) is 0. The molecule has 0 aliphatic rings. The Morgan fingerprint density at radius 2 is 1.50 bits per heavy atom. The van der Waals surface area contributed by atoms with E-state index in [-0.39, 0.29) is 17.9 Å². The Bertz CT molecular complexity index is 154. The molecule has 0 atom stereocenters. The molecule has 0 aliphatic carbocycles. The fraction of sp³-hybridized carbons (Fsp3) is 1.00. The van der Waals surface area contributed by atoms with Gasteiger partial charge in [-0.1, -0.05) is 39.3 Å². The summed E-state index contributed by atoms with van der Waals surface area (Å²) in [6.07, 6.45) is 1.20. The maximum Gasteiger partial charge on any atom is 0.115 e. The van der Waals surface area contributed by atoms with Gasteiger partial charge >= 0.3 is 0 Å². The van der Waals surface area contributed by atoms with Crippen molar-refractivity contribution < 1.29 is 0 Å². The molecular formula is C9H24ClNSi3. The first-order valence-electron chi connectivity index (χ1n) is 5.29. The van der Waals surface area contributed by atoms with Crippen LogP contribution in [0.1, 0.15) is 6.42 Å². The lowest BCUT2D eigenvalue weighted by molar-refractivity contribution is 0.902. The van der Waals surface area contributed by atoms with Gasteiger partial charge in [-0.3, -0.25) is 0 Å². The highest BCUT2D eigenvalue weighted by Crippen LogP contribution is 2.21. The molecule has 5 heteroatoms. The summed E-state index contributed by atoms with van der Waals surface area (Å²) in [5, 5.41) is 0. The largest absolute Gasteiger partial charge is 0.370 e. The number of halogens is 1. The summed E-state index contributed by atoms with van der Waals surface area (Å²) in [4.78, 5) is 0. The minimum absolute atomic E-state index is 0.262. The quantitative estimate of drug-likeness (QED) is 0.524. The molecule has 0 heterocycles. The van der Waals surface area contributed by atoms with Crippen molar-refractivity contribution in [2.45, 2.75) is 51.7 Å². The fourth-order valence-corrected chi connectivity index (χ4v) is 17.8. The van der Waals surface area contributed by atoms with E-state index < -0.39 is 8.24 Å². The van der Waals surface area contributed by atoms with Gasteiger partial charge in [0.2, 0.25) is 0 Å². The molecule has 0 unspecified atom stereocenters.